The molecular formula is C12H6Cl2F2. The molecular weight excluding hydrogens is 253 g/mol. The molecule has 2 aromatic carbocycles. The van der Waals surface area contributed by atoms with E-state index in [2.05, 4.69) is 0 Å². The third-order valence-corrected chi connectivity index (χ3v) is 2.64. The van der Waals surface area contributed by atoms with Crippen molar-refractivity contribution in [2.45, 2.75) is 0 Å². The van der Waals surface area contributed by atoms with Crippen LogP contribution >= 0.6 is 23.2 Å². The van der Waals surface area contributed by atoms with Gasteiger partial charge in [0.1, 0.15) is 11.6 Å². The third-order valence-electron chi connectivity index (χ3n) is 2.15. The lowest BCUT2D eigenvalue weighted by molar-refractivity contribution is 0.626. The fourth-order valence-corrected chi connectivity index (χ4v) is 1.89. The molecule has 0 atom stereocenters. The topological polar surface area (TPSA) is 0 Å². The highest BCUT2D eigenvalue weighted by atomic mass is 35.5. The molecule has 0 nitrogen and oxygen atoms in total. The molecule has 0 N–H and O–H groups in total. The number of benzene rings is 2. The molecule has 2 aromatic rings. The normalized spacial score (nSPS) is 10.5. The Morgan fingerprint density at radius 3 is 2.12 bits per heavy atom. The van der Waals surface area contributed by atoms with Gasteiger partial charge in [-0.2, -0.15) is 0 Å². The highest BCUT2D eigenvalue weighted by Crippen LogP contribution is 2.31. The molecule has 0 radical (unpaired) electrons. The van der Waals surface area contributed by atoms with Gasteiger partial charge in [0.2, 0.25) is 0 Å². The summed E-state index contributed by atoms with van der Waals surface area (Å²) in [5.74, 6) is -0.935. The number of hydrogen-bond acceptors (Lipinski definition) is 0. The molecule has 0 spiro atoms. The zero-order chi connectivity index (χ0) is 11.7. The number of rotatable bonds is 1. The minimum Gasteiger partial charge on any atom is -0.207 e. The van der Waals surface area contributed by atoms with Crippen LogP contribution in [0.1, 0.15) is 0 Å². The molecule has 0 heterocycles. The summed E-state index contributed by atoms with van der Waals surface area (Å²) in [5, 5.41) is 0.289. The van der Waals surface area contributed by atoms with Crippen LogP contribution in [0.5, 0.6) is 0 Å². The van der Waals surface area contributed by atoms with Crippen LogP contribution in [0.15, 0.2) is 36.4 Å². The summed E-state index contributed by atoms with van der Waals surface area (Å²) >= 11 is 11.4. The minimum atomic E-state index is -0.558. The Labute approximate surface area is 101 Å². The van der Waals surface area contributed by atoms with Crippen LogP contribution in [0.2, 0.25) is 10.0 Å². The van der Waals surface area contributed by atoms with E-state index >= 15 is 0 Å². The Morgan fingerprint density at radius 1 is 0.875 bits per heavy atom. The van der Waals surface area contributed by atoms with Gasteiger partial charge in [0, 0.05) is 10.6 Å². The molecule has 82 valence electrons. The van der Waals surface area contributed by atoms with E-state index in [0.717, 1.165) is 0 Å². The molecule has 16 heavy (non-hydrogen) atoms. The van der Waals surface area contributed by atoms with Gasteiger partial charge >= 0.3 is 0 Å². The summed E-state index contributed by atoms with van der Waals surface area (Å²) < 4.78 is 26.4. The van der Waals surface area contributed by atoms with Crippen LogP contribution in [0, 0.1) is 11.6 Å². The van der Waals surface area contributed by atoms with Gasteiger partial charge in [-0.1, -0.05) is 35.3 Å². The number of hydrogen-bond donors (Lipinski definition) is 0. The van der Waals surface area contributed by atoms with Gasteiger partial charge in [-0.25, -0.2) is 8.78 Å². The van der Waals surface area contributed by atoms with Gasteiger partial charge in [-0.3, -0.25) is 0 Å². The van der Waals surface area contributed by atoms with Crippen molar-refractivity contribution in [3.05, 3.63) is 58.1 Å². The van der Waals surface area contributed by atoms with E-state index < -0.39 is 5.82 Å². The second kappa shape index (κ2) is 4.40. The lowest BCUT2D eigenvalue weighted by Crippen LogP contribution is -1.86. The van der Waals surface area contributed by atoms with Crippen LogP contribution in [0.4, 0.5) is 8.78 Å². The maximum Gasteiger partial charge on any atom is 0.149 e. The van der Waals surface area contributed by atoms with Crippen molar-refractivity contribution < 1.29 is 8.78 Å². The first-order valence-electron chi connectivity index (χ1n) is 4.48. The van der Waals surface area contributed by atoms with Gasteiger partial charge in [0.05, 0.1) is 5.02 Å². The highest BCUT2D eigenvalue weighted by Gasteiger charge is 2.10. The molecule has 0 saturated heterocycles. The number of halogens is 4. The molecule has 0 aliphatic rings. The predicted molar refractivity (Wildman–Crippen MR) is 61.8 cm³/mol. The Kier molecular flexibility index (Phi) is 3.13. The first-order valence-corrected chi connectivity index (χ1v) is 5.24. The van der Waals surface area contributed by atoms with E-state index in [-0.39, 0.29) is 16.4 Å². The van der Waals surface area contributed by atoms with Crippen molar-refractivity contribution in [2.24, 2.45) is 0 Å². The first-order chi connectivity index (χ1) is 7.58. The predicted octanol–water partition coefficient (Wildman–Crippen LogP) is 4.94. The Balaban J connectivity index is 2.59. The van der Waals surface area contributed by atoms with Gasteiger partial charge < -0.3 is 0 Å². The Hall–Kier alpha value is -1.12. The second-order valence-electron chi connectivity index (χ2n) is 3.26. The van der Waals surface area contributed by atoms with E-state index in [1.54, 1.807) is 0 Å². The Morgan fingerprint density at radius 2 is 1.50 bits per heavy atom. The fourth-order valence-electron chi connectivity index (χ4n) is 1.40. The lowest BCUT2D eigenvalue weighted by atomic mass is 10.1. The van der Waals surface area contributed by atoms with Gasteiger partial charge in [-0.15, -0.1) is 0 Å². The maximum atomic E-state index is 13.7. The maximum absolute atomic E-state index is 13.7. The molecule has 0 aliphatic heterocycles. The van der Waals surface area contributed by atoms with Crippen LogP contribution in [0.3, 0.4) is 0 Å². The molecule has 0 fully saturated rings. The quantitative estimate of drug-likeness (QED) is 0.636. The van der Waals surface area contributed by atoms with Crippen LogP contribution in [-0.2, 0) is 0 Å². The standard InChI is InChI=1S/C12H6Cl2F2/c13-8-5-10(12(16)11(14)6-8)7-1-3-9(15)4-2-7/h1-6H. The summed E-state index contributed by atoms with van der Waals surface area (Å²) in [5.41, 5.74) is 0.792. The summed E-state index contributed by atoms with van der Waals surface area (Å²) in [7, 11) is 0. The van der Waals surface area contributed by atoms with Gasteiger partial charge in [0.25, 0.3) is 0 Å². The molecule has 0 aliphatic carbocycles. The van der Waals surface area contributed by atoms with E-state index in [9.17, 15) is 8.78 Å². The van der Waals surface area contributed by atoms with E-state index in [1.165, 1.54) is 36.4 Å². The fraction of sp³-hybridized carbons (Fsp3) is 0. The molecule has 2 rings (SSSR count). The first kappa shape index (κ1) is 11.4. The summed E-state index contributed by atoms with van der Waals surface area (Å²) in [6.45, 7) is 0. The van der Waals surface area contributed by atoms with Gasteiger partial charge in [0.15, 0.2) is 0 Å². The van der Waals surface area contributed by atoms with Crippen molar-refractivity contribution >= 4 is 23.2 Å². The zero-order valence-corrected chi connectivity index (χ0v) is 9.49. The van der Waals surface area contributed by atoms with Crippen molar-refractivity contribution in [2.75, 3.05) is 0 Å². The van der Waals surface area contributed by atoms with Crippen molar-refractivity contribution in [3.63, 3.8) is 0 Å². The second-order valence-corrected chi connectivity index (χ2v) is 4.10. The van der Waals surface area contributed by atoms with Crippen molar-refractivity contribution in [1.82, 2.24) is 0 Å². The molecule has 0 saturated carbocycles. The monoisotopic (exact) mass is 258 g/mol. The van der Waals surface area contributed by atoms with Crippen molar-refractivity contribution in [1.29, 1.82) is 0 Å². The minimum absolute atomic E-state index is 0.0492. The van der Waals surface area contributed by atoms with E-state index in [4.69, 9.17) is 23.2 Å². The van der Waals surface area contributed by atoms with Gasteiger partial charge in [-0.05, 0) is 29.8 Å². The van der Waals surface area contributed by atoms with Crippen LogP contribution in [-0.4, -0.2) is 0 Å². The summed E-state index contributed by atoms with van der Waals surface area (Å²) in [6.07, 6.45) is 0. The molecule has 0 amide bonds. The summed E-state index contributed by atoms with van der Waals surface area (Å²) in [6, 6.07) is 8.23. The SMILES string of the molecule is Fc1ccc(-c2cc(Cl)cc(Cl)c2F)cc1. The lowest BCUT2D eigenvalue weighted by Gasteiger charge is -2.05. The molecule has 0 bridgehead atoms. The molecule has 0 unspecified atom stereocenters. The average Bonchev–Trinajstić information content (AvgIpc) is 2.25. The smallest absolute Gasteiger partial charge is 0.149 e. The highest BCUT2D eigenvalue weighted by molar-refractivity contribution is 6.35. The largest absolute Gasteiger partial charge is 0.207 e. The van der Waals surface area contributed by atoms with Crippen LogP contribution < -0.4 is 0 Å². The molecule has 0 aromatic heterocycles. The zero-order valence-electron chi connectivity index (χ0n) is 7.98. The van der Waals surface area contributed by atoms with E-state index in [0.29, 0.717) is 10.6 Å². The van der Waals surface area contributed by atoms with Crippen LogP contribution in [0.25, 0.3) is 11.1 Å². The third kappa shape index (κ3) is 2.18. The average molecular weight is 259 g/mol. The van der Waals surface area contributed by atoms with E-state index in [1.807, 2.05) is 0 Å². The molecule has 4 heteroatoms. The van der Waals surface area contributed by atoms with Crippen molar-refractivity contribution in [3.8, 4) is 11.1 Å². The Bertz CT molecular complexity index is 521. The summed E-state index contributed by atoms with van der Waals surface area (Å²) in [4.78, 5) is 0.